The van der Waals surface area contributed by atoms with Crippen molar-refractivity contribution in [3.8, 4) is 5.75 Å². The minimum Gasteiger partial charge on any atom is -0.485 e. The number of nitrogens with zero attached hydrogens (tertiary/aromatic N) is 2. The van der Waals surface area contributed by atoms with Gasteiger partial charge in [-0.2, -0.15) is 8.78 Å². The van der Waals surface area contributed by atoms with Crippen LogP contribution in [0.25, 0.3) is 0 Å². The molecule has 0 spiro atoms. The van der Waals surface area contributed by atoms with E-state index in [1.54, 1.807) is 0 Å². The highest BCUT2D eigenvalue weighted by Gasteiger charge is 2.15. The van der Waals surface area contributed by atoms with Crippen LogP contribution in [0.3, 0.4) is 0 Å². The molecule has 0 saturated carbocycles. The molecule has 0 saturated heterocycles. The zero-order valence-electron chi connectivity index (χ0n) is 9.96. The predicted octanol–water partition coefficient (Wildman–Crippen LogP) is 2.69. The van der Waals surface area contributed by atoms with Gasteiger partial charge in [0.2, 0.25) is 0 Å². The molecule has 5 nitrogen and oxygen atoms in total. The van der Waals surface area contributed by atoms with Crippen molar-refractivity contribution in [1.29, 1.82) is 0 Å². The maximum Gasteiger partial charge on any atom is 0.339 e. The van der Waals surface area contributed by atoms with Crippen molar-refractivity contribution in [2.45, 2.75) is 13.2 Å². The number of carbonyl (C=O) groups is 1. The third-order valence-electron chi connectivity index (χ3n) is 2.49. The van der Waals surface area contributed by atoms with Crippen molar-refractivity contribution in [3.63, 3.8) is 0 Å². The fourth-order valence-electron chi connectivity index (χ4n) is 1.57. The largest absolute Gasteiger partial charge is 0.485 e. The molecule has 0 unspecified atom stereocenters. The molecule has 0 aliphatic carbocycles. The van der Waals surface area contributed by atoms with Gasteiger partial charge in [-0.15, -0.1) is 0 Å². The van der Waals surface area contributed by atoms with Gasteiger partial charge >= 0.3 is 12.5 Å². The van der Waals surface area contributed by atoms with Gasteiger partial charge in [0.1, 0.15) is 23.7 Å². The number of imidazole rings is 1. The molecule has 1 aromatic heterocycles. The summed E-state index contributed by atoms with van der Waals surface area (Å²) in [6.45, 7) is -3.19. The Morgan fingerprint density at radius 3 is 2.85 bits per heavy atom. The molecule has 2 aromatic rings. The van der Waals surface area contributed by atoms with Crippen LogP contribution in [0, 0.1) is 5.82 Å². The molecule has 0 fully saturated rings. The lowest BCUT2D eigenvalue weighted by Crippen LogP contribution is -2.09. The standard InChI is InChI=1S/C12H9F3N2O3/c13-7-1-2-8(11(18)19)9(5-7)20-6-10-16-3-4-17(10)12(14)15/h1-5,12H,6H2,(H,18,19). The van der Waals surface area contributed by atoms with Crippen LogP contribution in [-0.4, -0.2) is 20.6 Å². The van der Waals surface area contributed by atoms with E-state index < -0.39 is 24.9 Å². The van der Waals surface area contributed by atoms with Crippen molar-refractivity contribution in [2.24, 2.45) is 0 Å². The van der Waals surface area contributed by atoms with Gasteiger partial charge in [0.15, 0.2) is 5.82 Å². The van der Waals surface area contributed by atoms with E-state index in [1.165, 1.54) is 0 Å². The van der Waals surface area contributed by atoms with Crippen LogP contribution in [0.2, 0.25) is 0 Å². The summed E-state index contributed by atoms with van der Waals surface area (Å²) in [5.41, 5.74) is -0.262. The number of hydrogen-bond acceptors (Lipinski definition) is 3. The van der Waals surface area contributed by atoms with Gasteiger partial charge < -0.3 is 9.84 Å². The first kappa shape index (κ1) is 13.9. The number of halogens is 3. The zero-order valence-corrected chi connectivity index (χ0v) is 9.96. The molecule has 0 bridgehead atoms. The Balaban J connectivity index is 2.20. The summed E-state index contributed by atoms with van der Waals surface area (Å²) in [5, 5.41) is 8.91. The monoisotopic (exact) mass is 286 g/mol. The summed E-state index contributed by atoms with van der Waals surface area (Å²) in [4.78, 5) is 14.6. The van der Waals surface area contributed by atoms with Crippen LogP contribution >= 0.6 is 0 Å². The van der Waals surface area contributed by atoms with Crippen LogP contribution < -0.4 is 4.74 Å². The second-order valence-corrected chi connectivity index (χ2v) is 3.76. The van der Waals surface area contributed by atoms with Gasteiger partial charge in [0.05, 0.1) is 0 Å². The number of carboxylic acids is 1. The first-order valence-corrected chi connectivity index (χ1v) is 5.44. The fourth-order valence-corrected chi connectivity index (χ4v) is 1.57. The Labute approximate surface area is 111 Å². The molecule has 0 radical (unpaired) electrons. The fraction of sp³-hybridized carbons (Fsp3) is 0.167. The first-order chi connectivity index (χ1) is 9.49. The zero-order chi connectivity index (χ0) is 14.7. The van der Waals surface area contributed by atoms with Gasteiger partial charge in [-0.3, -0.25) is 4.57 Å². The van der Waals surface area contributed by atoms with E-state index >= 15 is 0 Å². The van der Waals surface area contributed by atoms with E-state index in [4.69, 9.17) is 9.84 Å². The van der Waals surface area contributed by atoms with E-state index in [0.29, 0.717) is 4.57 Å². The summed E-state index contributed by atoms with van der Waals surface area (Å²) in [6, 6.07) is 2.88. The molecule has 106 valence electrons. The summed E-state index contributed by atoms with van der Waals surface area (Å²) < 4.78 is 43.9. The molecule has 20 heavy (non-hydrogen) atoms. The molecule has 8 heteroatoms. The molecule has 0 aliphatic heterocycles. The highest BCUT2D eigenvalue weighted by atomic mass is 19.3. The molecule has 1 N–H and O–H groups in total. The summed E-state index contributed by atoms with van der Waals surface area (Å²) in [5.74, 6) is -2.35. The second-order valence-electron chi connectivity index (χ2n) is 3.76. The third-order valence-corrected chi connectivity index (χ3v) is 2.49. The third kappa shape index (κ3) is 2.90. The van der Waals surface area contributed by atoms with Crippen molar-refractivity contribution in [2.75, 3.05) is 0 Å². The Morgan fingerprint density at radius 1 is 1.45 bits per heavy atom. The molecule has 1 heterocycles. The molecule has 0 aliphatic rings. The normalized spacial score (nSPS) is 10.8. The van der Waals surface area contributed by atoms with Crippen molar-refractivity contribution >= 4 is 5.97 Å². The lowest BCUT2D eigenvalue weighted by atomic mass is 10.2. The van der Waals surface area contributed by atoms with Crippen LogP contribution in [-0.2, 0) is 6.61 Å². The second kappa shape index (κ2) is 5.64. The first-order valence-electron chi connectivity index (χ1n) is 5.44. The molecule has 1 aromatic carbocycles. The number of benzene rings is 1. The Hall–Kier alpha value is -2.51. The van der Waals surface area contributed by atoms with Crippen molar-refractivity contribution in [3.05, 3.63) is 47.8 Å². The van der Waals surface area contributed by atoms with Crippen molar-refractivity contribution in [1.82, 2.24) is 9.55 Å². The Morgan fingerprint density at radius 2 is 2.20 bits per heavy atom. The van der Waals surface area contributed by atoms with Crippen LogP contribution in [0.1, 0.15) is 22.7 Å². The maximum absolute atomic E-state index is 13.1. The van der Waals surface area contributed by atoms with Gasteiger partial charge in [-0.05, 0) is 12.1 Å². The maximum atomic E-state index is 13.1. The Kier molecular flexibility index (Phi) is 3.92. The van der Waals surface area contributed by atoms with E-state index in [2.05, 4.69) is 4.98 Å². The molecule has 0 atom stereocenters. The molecular formula is C12H9F3N2O3. The molecule has 2 rings (SSSR count). The quantitative estimate of drug-likeness (QED) is 0.917. The lowest BCUT2D eigenvalue weighted by molar-refractivity contribution is 0.0623. The average Bonchev–Trinajstić information content (AvgIpc) is 2.84. The van der Waals surface area contributed by atoms with Crippen LogP contribution in [0.15, 0.2) is 30.6 Å². The number of alkyl halides is 2. The number of hydrogen-bond donors (Lipinski definition) is 1. The Bertz CT molecular complexity index is 628. The summed E-state index contributed by atoms with van der Waals surface area (Å²) >= 11 is 0. The van der Waals surface area contributed by atoms with E-state index in [1.807, 2.05) is 0 Å². The predicted molar refractivity (Wildman–Crippen MR) is 61.2 cm³/mol. The van der Waals surface area contributed by atoms with Gasteiger partial charge in [0.25, 0.3) is 0 Å². The average molecular weight is 286 g/mol. The summed E-state index contributed by atoms with van der Waals surface area (Å²) in [7, 11) is 0. The molecule has 0 amide bonds. The van der Waals surface area contributed by atoms with Crippen LogP contribution in [0.4, 0.5) is 13.2 Å². The minimum absolute atomic E-state index is 0.0967. The number of aromatic carboxylic acids is 1. The smallest absolute Gasteiger partial charge is 0.339 e. The summed E-state index contributed by atoms with van der Waals surface area (Å²) in [6.07, 6.45) is 2.22. The number of rotatable bonds is 5. The number of aromatic nitrogens is 2. The molecular weight excluding hydrogens is 277 g/mol. The highest BCUT2D eigenvalue weighted by Crippen LogP contribution is 2.22. The van der Waals surface area contributed by atoms with Gasteiger partial charge in [0, 0.05) is 18.5 Å². The van der Waals surface area contributed by atoms with Crippen LogP contribution in [0.5, 0.6) is 5.75 Å². The number of carboxylic acid groups (broad SMARTS) is 1. The lowest BCUT2D eigenvalue weighted by Gasteiger charge is -2.10. The SMILES string of the molecule is O=C(O)c1ccc(F)cc1OCc1nccn1C(F)F. The van der Waals surface area contributed by atoms with Crippen molar-refractivity contribution < 1.29 is 27.8 Å². The topological polar surface area (TPSA) is 64.3 Å². The highest BCUT2D eigenvalue weighted by molar-refractivity contribution is 5.90. The minimum atomic E-state index is -2.79. The van der Waals surface area contributed by atoms with Gasteiger partial charge in [-0.25, -0.2) is 14.2 Å². The van der Waals surface area contributed by atoms with E-state index in [9.17, 15) is 18.0 Å². The number of ether oxygens (including phenoxy) is 1. The van der Waals surface area contributed by atoms with Gasteiger partial charge in [-0.1, -0.05) is 0 Å². The van der Waals surface area contributed by atoms with E-state index in [-0.39, 0.29) is 17.1 Å². The van der Waals surface area contributed by atoms with E-state index in [0.717, 1.165) is 30.6 Å².